The lowest BCUT2D eigenvalue weighted by molar-refractivity contribution is -0.346. The van der Waals surface area contributed by atoms with Gasteiger partial charge in [-0.1, -0.05) is 94.4 Å². The molecular formula is C49H57NO14. The van der Waals surface area contributed by atoms with Crippen LogP contribution in [0.1, 0.15) is 101 Å². The van der Waals surface area contributed by atoms with Crippen molar-refractivity contribution in [3.05, 3.63) is 119 Å². The number of amides is 1. The summed E-state index contributed by atoms with van der Waals surface area (Å²) in [6, 6.07) is 22.9. The van der Waals surface area contributed by atoms with Gasteiger partial charge in [-0.2, -0.15) is 0 Å². The third-order valence-corrected chi connectivity index (χ3v) is 13.5. The normalized spacial score (nSPS) is 31.0. The standard InChI is InChI=1S/C47H51NO14.C2H6/c1-25-31(60-43(56)36(52)35(28-16-10-7-11-17-28)48-41(54)29-18-12-8-13-19-29)23-47(57)40(61-42(55)30-20-14-9-15-21-30)38-45(6,32(51)22-33-46(38,24-58-33)62-27(3)50)39(53)37(59-26(2)49)34(25)44(47,4)5;1-2/h7-21,31-33,35-38,40,51-52,57H,22-24H2,1-6H3,(H,48,54);1-2H3/t31-,32-,33+,35-,36+,37+,38-,40-,45+,46-,47+;/m0./s1. The van der Waals surface area contributed by atoms with Gasteiger partial charge in [0, 0.05) is 37.7 Å². The Labute approximate surface area is 372 Å². The molecule has 4 aliphatic rings. The molecule has 1 saturated heterocycles. The zero-order valence-corrected chi connectivity index (χ0v) is 37.2. The van der Waals surface area contributed by atoms with Gasteiger partial charge in [0.1, 0.15) is 23.9 Å². The van der Waals surface area contributed by atoms with E-state index in [4.69, 9.17) is 23.7 Å². The number of hydrogen-bond acceptors (Lipinski definition) is 14. The van der Waals surface area contributed by atoms with Crippen LogP contribution in [-0.2, 0) is 42.9 Å². The summed E-state index contributed by atoms with van der Waals surface area (Å²) in [4.78, 5) is 83.5. The molecule has 11 atom stereocenters. The zero-order valence-electron chi connectivity index (χ0n) is 37.2. The monoisotopic (exact) mass is 883 g/mol. The molecule has 2 saturated carbocycles. The predicted molar refractivity (Wildman–Crippen MR) is 229 cm³/mol. The summed E-state index contributed by atoms with van der Waals surface area (Å²) in [5.74, 6) is -6.84. The molecule has 1 amide bonds. The van der Waals surface area contributed by atoms with E-state index in [1.165, 1.54) is 26.0 Å². The number of esters is 4. The molecule has 64 heavy (non-hydrogen) atoms. The highest BCUT2D eigenvalue weighted by atomic mass is 16.6. The van der Waals surface area contributed by atoms with Gasteiger partial charge in [0.25, 0.3) is 5.91 Å². The van der Waals surface area contributed by atoms with Crippen LogP contribution in [0.5, 0.6) is 0 Å². The van der Waals surface area contributed by atoms with Crippen LogP contribution >= 0.6 is 0 Å². The fourth-order valence-corrected chi connectivity index (χ4v) is 10.2. The smallest absolute Gasteiger partial charge is 0.338 e. The van der Waals surface area contributed by atoms with Gasteiger partial charge in [0.05, 0.1) is 35.6 Å². The van der Waals surface area contributed by atoms with Crippen molar-refractivity contribution in [3.8, 4) is 0 Å². The van der Waals surface area contributed by atoms with E-state index in [2.05, 4.69) is 5.32 Å². The Balaban J connectivity index is 0.00000335. The van der Waals surface area contributed by atoms with E-state index in [0.717, 1.165) is 13.8 Å². The summed E-state index contributed by atoms with van der Waals surface area (Å²) in [5, 5.41) is 40.2. The lowest BCUT2D eigenvalue weighted by Gasteiger charge is -2.67. The summed E-state index contributed by atoms with van der Waals surface area (Å²) in [5.41, 5.74) is -7.02. The number of benzene rings is 3. The second-order valence-electron chi connectivity index (χ2n) is 17.4. The Hall–Kier alpha value is -5.74. The molecule has 1 heterocycles. The molecule has 0 radical (unpaired) electrons. The van der Waals surface area contributed by atoms with Crippen LogP contribution in [0.3, 0.4) is 0 Å². The molecule has 3 aliphatic carbocycles. The molecule has 15 nitrogen and oxygen atoms in total. The van der Waals surface area contributed by atoms with Crippen molar-refractivity contribution in [2.75, 3.05) is 6.61 Å². The number of carbonyl (C=O) groups is 6. The molecule has 2 bridgehead atoms. The van der Waals surface area contributed by atoms with E-state index in [1.807, 2.05) is 13.8 Å². The summed E-state index contributed by atoms with van der Waals surface area (Å²) >= 11 is 0. The highest BCUT2D eigenvalue weighted by Gasteiger charge is 2.78. The fourth-order valence-electron chi connectivity index (χ4n) is 10.2. The summed E-state index contributed by atoms with van der Waals surface area (Å²) in [6.45, 7) is 12.0. The number of aliphatic hydroxyl groups excluding tert-OH is 2. The van der Waals surface area contributed by atoms with E-state index in [9.17, 15) is 39.3 Å². The van der Waals surface area contributed by atoms with Crippen LogP contribution in [0.4, 0.5) is 0 Å². The van der Waals surface area contributed by atoms with E-state index in [1.54, 1.807) is 92.7 Å². The lowest BCUT2D eigenvalue weighted by Crippen LogP contribution is -2.82. The Kier molecular flexibility index (Phi) is 13.7. The van der Waals surface area contributed by atoms with Crippen molar-refractivity contribution < 1.29 is 67.8 Å². The molecule has 3 aromatic carbocycles. The second-order valence-corrected chi connectivity index (χ2v) is 17.4. The number of ketones is 1. The first-order chi connectivity index (χ1) is 30.3. The molecule has 3 fully saturated rings. The van der Waals surface area contributed by atoms with Crippen molar-refractivity contribution in [2.24, 2.45) is 16.7 Å². The van der Waals surface area contributed by atoms with Crippen molar-refractivity contribution in [2.45, 2.75) is 122 Å². The number of carbonyl (C=O) groups excluding carboxylic acids is 6. The number of ether oxygens (including phenoxy) is 5. The van der Waals surface area contributed by atoms with Crippen LogP contribution in [0, 0.1) is 16.7 Å². The number of fused-ring (bicyclic) bond motifs is 5. The van der Waals surface area contributed by atoms with Crippen LogP contribution in [-0.4, -0.2) is 105 Å². The Morgan fingerprint density at radius 1 is 0.812 bits per heavy atom. The zero-order chi connectivity index (χ0) is 46.9. The van der Waals surface area contributed by atoms with Gasteiger partial charge < -0.3 is 44.3 Å². The van der Waals surface area contributed by atoms with Gasteiger partial charge in [0.15, 0.2) is 23.6 Å². The van der Waals surface area contributed by atoms with Crippen molar-refractivity contribution >= 4 is 35.6 Å². The van der Waals surface area contributed by atoms with E-state index < -0.39 is 113 Å². The average molecular weight is 884 g/mol. The molecule has 4 N–H and O–H groups in total. The summed E-state index contributed by atoms with van der Waals surface area (Å²) in [7, 11) is 0. The molecule has 0 aromatic heterocycles. The van der Waals surface area contributed by atoms with Gasteiger partial charge in [-0.15, -0.1) is 0 Å². The number of aliphatic hydroxyl groups is 3. The fraction of sp³-hybridized carbons (Fsp3) is 0.469. The topological polar surface area (TPSA) is 221 Å². The van der Waals surface area contributed by atoms with Crippen molar-refractivity contribution in [3.63, 3.8) is 0 Å². The number of hydrogen-bond donors (Lipinski definition) is 4. The minimum atomic E-state index is -2.39. The summed E-state index contributed by atoms with van der Waals surface area (Å²) in [6.07, 6.45) is -10.5. The SMILES string of the molecule is CC.CC(=O)O[C@H]1C(=O)[C@@]2(C)[C@H]([C@H](OC(=O)c3ccccc3)[C@]3(O)C[C@H](OC(=O)[C@H](O)[C@@H](NC(=O)c4ccccc4)c4ccccc4)C(C)=C1C3(C)C)[C@]1(OC(C)=O)CO[C@@H]1C[C@@H]2O. The lowest BCUT2D eigenvalue weighted by atomic mass is 9.44. The van der Waals surface area contributed by atoms with E-state index in [-0.39, 0.29) is 35.3 Å². The van der Waals surface area contributed by atoms with Crippen LogP contribution < -0.4 is 5.32 Å². The third kappa shape index (κ3) is 8.14. The van der Waals surface area contributed by atoms with Crippen molar-refractivity contribution in [1.82, 2.24) is 5.32 Å². The Morgan fingerprint density at radius 2 is 1.38 bits per heavy atom. The van der Waals surface area contributed by atoms with Gasteiger partial charge in [-0.25, -0.2) is 9.59 Å². The first-order valence-electron chi connectivity index (χ1n) is 21.5. The number of nitrogens with one attached hydrogen (secondary N) is 1. The highest BCUT2D eigenvalue weighted by Crippen LogP contribution is 2.64. The van der Waals surface area contributed by atoms with Gasteiger partial charge in [-0.05, 0) is 54.8 Å². The first kappa shape index (κ1) is 47.7. The quantitative estimate of drug-likeness (QED) is 0.123. The maximum Gasteiger partial charge on any atom is 0.338 e. The van der Waals surface area contributed by atoms with Gasteiger partial charge in [-0.3, -0.25) is 19.2 Å². The average Bonchev–Trinajstić information content (AvgIpc) is 3.27. The minimum Gasteiger partial charge on any atom is -0.456 e. The maximum atomic E-state index is 15.5. The second kappa shape index (κ2) is 18.4. The molecule has 0 unspecified atom stereocenters. The number of Topliss-reactive ketones (excluding diaryl/α,β-unsaturated/α-hetero) is 1. The van der Waals surface area contributed by atoms with Gasteiger partial charge in [0.2, 0.25) is 0 Å². The Morgan fingerprint density at radius 3 is 1.91 bits per heavy atom. The highest BCUT2D eigenvalue weighted by molar-refractivity contribution is 5.96. The number of rotatable bonds is 10. The maximum absolute atomic E-state index is 15.5. The van der Waals surface area contributed by atoms with E-state index >= 15 is 4.79 Å². The predicted octanol–water partition coefficient (Wildman–Crippen LogP) is 4.76. The molecule has 7 rings (SSSR count). The largest absolute Gasteiger partial charge is 0.456 e. The van der Waals surface area contributed by atoms with Crippen LogP contribution in [0.2, 0.25) is 0 Å². The molecule has 0 spiro atoms. The summed E-state index contributed by atoms with van der Waals surface area (Å²) < 4.78 is 30.3. The molecule has 3 aromatic rings. The van der Waals surface area contributed by atoms with Crippen molar-refractivity contribution in [1.29, 1.82) is 0 Å². The minimum absolute atomic E-state index is 0.00289. The van der Waals surface area contributed by atoms with Crippen LogP contribution in [0.25, 0.3) is 0 Å². The third-order valence-electron chi connectivity index (χ3n) is 13.5. The molecule has 15 heteroatoms. The molecular weight excluding hydrogens is 827 g/mol. The van der Waals surface area contributed by atoms with Crippen LogP contribution in [0.15, 0.2) is 102 Å². The van der Waals surface area contributed by atoms with Gasteiger partial charge >= 0.3 is 23.9 Å². The molecule has 1 aliphatic heterocycles. The Bertz CT molecular complexity index is 2280. The molecule has 342 valence electrons. The van der Waals surface area contributed by atoms with E-state index in [0.29, 0.717) is 5.56 Å². The first-order valence-corrected chi connectivity index (χ1v) is 21.5.